The van der Waals surface area contributed by atoms with Crippen LogP contribution in [0.2, 0.25) is 5.02 Å². The Bertz CT molecular complexity index is 1590. The summed E-state index contributed by atoms with van der Waals surface area (Å²) in [6.45, 7) is 2.00. The van der Waals surface area contributed by atoms with E-state index < -0.39 is 17.3 Å². The van der Waals surface area contributed by atoms with Crippen molar-refractivity contribution in [2.24, 2.45) is 7.05 Å². The molecule has 5 heterocycles. The van der Waals surface area contributed by atoms with Gasteiger partial charge in [-0.25, -0.2) is 14.5 Å². The number of rotatable bonds is 4. The predicted octanol–water partition coefficient (Wildman–Crippen LogP) is 2.66. The van der Waals surface area contributed by atoms with Crippen LogP contribution in [0.4, 0.5) is 10.1 Å². The highest BCUT2D eigenvalue weighted by Crippen LogP contribution is 2.49. The molecule has 0 unspecified atom stereocenters. The molecule has 0 bridgehead atoms. The summed E-state index contributed by atoms with van der Waals surface area (Å²) in [7, 11) is 1.83. The second kappa shape index (κ2) is 7.67. The summed E-state index contributed by atoms with van der Waals surface area (Å²) in [5.74, 6) is -1.15. The van der Waals surface area contributed by atoms with Gasteiger partial charge in [-0.15, -0.1) is 9.90 Å². The van der Waals surface area contributed by atoms with E-state index in [1.54, 1.807) is 23.1 Å². The van der Waals surface area contributed by atoms with E-state index in [0.717, 1.165) is 5.69 Å². The van der Waals surface area contributed by atoms with Crippen LogP contribution in [0.25, 0.3) is 11.5 Å². The molecular weight excluding hydrogens is 475 g/mol. The molecule has 5 aromatic rings. The Hall–Kier alpha value is -4.19. The Balaban J connectivity index is 1.39. The molecule has 0 radical (unpaired) electrons. The average molecular weight is 493 g/mol. The van der Waals surface area contributed by atoms with Crippen molar-refractivity contribution in [3.05, 3.63) is 77.1 Å². The van der Waals surface area contributed by atoms with Crippen molar-refractivity contribution in [1.29, 1.82) is 0 Å². The maximum atomic E-state index is 14.1. The van der Waals surface area contributed by atoms with Gasteiger partial charge in [0.05, 0.1) is 46.3 Å². The molecule has 11 nitrogen and oxygen atoms in total. The first kappa shape index (κ1) is 21.4. The number of halogens is 2. The molecule has 5 aromatic heterocycles. The van der Waals surface area contributed by atoms with Crippen LogP contribution in [-0.2, 0) is 17.3 Å². The summed E-state index contributed by atoms with van der Waals surface area (Å²) in [5, 5.41) is 19.6. The van der Waals surface area contributed by atoms with Crippen LogP contribution in [0.1, 0.15) is 36.2 Å². The maximum absolute atomic E-state index is 14.1. The molecule has 6 rings (SSSR count). The third-order valence-electron chi connectivity index (χ3n) is 6.39. The number of anilines is 1. The van der Waals surface area contributed by atoms with E-state index in [0.29, 0.717) is 34.8 Å². The molecule has 2 atom stereocenters. The molecule has 0 fully saturated rings. The average Bonchev–Trinajstić information content (AvgIpc) is 3.60. The molecule has 176 valence electrons. The van der Waals surface area contributed by atoms with E-state index in [2.05, 4.69) is 35.7 Å². The highest BCUT2D eigenvalue weighted by molar-refractivity contribution is 6.32. The Morgan fingerprint density at radius 1 is 1.17 bits per heavy atom. The zero-order valence-corrected chi connectivity index (χ0v) is 19.3. The number of hydrogen-bond donors (Lipinski definition) is 1. The van der Waals surface area contributed by atoms with Gasteiger partial charge in [-0.05, 0) is 25.5 Å². The minimum Gasteiger partial charge on any atom is -0.324 e. The van der Waals surface area contributed by atoms with Gasteiger partial charge in [0.15, 0.2) is 11.5 Å². The quantitative estimate of drug-likeness (QED) is 0.409. The standard InChI is InChI=1S/C22H18ClFN10O/c1-22(16-3-4-27-32(16)2)9-13(14-11-25-18-8-17(24)31-33(18)19(14)22)21(35)30-12-7-15(23)20(26-10-12)34-28-5-6-29-34/h3-8,10-11,13H,9H2,1-2H3,(H,30,35)/t13-,22+/m1/s1. The second-order valence-corrected chi connectivity index (χ2v) is 8.97. The monoisotopic (exact) mass is 492 g/mol. The third-order valence-corrected chi connectivity index (χ3v) is 6.67. The summed E-state index contributed by atoms with van der Waals surface area (Å²) in [6.07, 6.45) is 8.24. The molecule has 1 amide bonds. The molecule has 1 N–H and O–H groups in total. The normalized spacial score (nSPS) is 19.3. The molecule has 0 aromatic carbocycles. The first-order valence-corrected chi connectivity index (χ1v) is 11.1. The number of hydrogen-bond acceptors (Lipinski definition) is 7. The first-order chi connectivity index (χ1) is 16.8. The Morgan fingerprint density at radius 3 is 2.69 bits per heavy atom. The largest absolute Gasteiger partial charge is 0.324 e. The fourth-order valence-corrected chi connectivity index (χ4v) is 5.16. The lowest BCUT2D eigenvalue weighted by Gasteiger charge is -2.26. The Kier molecular flexibility index (Phi) is 4.68. The Labute approximate surface area is 202 Å². The molecule has 0 saturated carbocycles. The lowest BCUT2D eigenvalue weighted by molar-refractivity contribution is -0.117. The third kappa shape index (κ3) is 3.28. The van der Waals surface area contributed by atoms with Gasteiger partial charge >= 0.3 is 0 Å². The second-order valence-electron chi connectivity index (χ2n) is 8.57. The summed E-state index contributed by atoms with van der Waals surface area (Å²) >= 11 is 6.36. The lowest BCUT2D eigenvalue weighted by atomic mass is 9.82. The van der Waals surface area contributed by atoms with Crippen LogP contribution in [0.3, 0.4) is 0 Å². The minimum atomic E-state index is -0.673. The van der Waals surface area contributed by atoms with Crippen molar-refractivity contribution in [2.75, 3.05) is 5.32 Å². The molecule has 1 aliphatic carbocycles. The molecule has 35 heavy (non-hydrogen) atoms. The molecule has 0 spiro atoms. The number of amides is 1. The number of carbonyl (C=O) groups is 1. The van der Waals surface area contributed by atoms with Gasteiger partial charge in [0.25, 0.3) is 0 Å². The number of aryl methyl sites for hydroxylation is 1. The van der Waals surface area contributed by atoms with E-state index in [-0.39, 0.29) is 10.9 Å². The summed E-state index contributed by atoms with van der Waals surface area (Å²) in [5.41, 5.74) is 2.36. The van der Waals surface area contributed by atoms with Gasteiger partial charge in [0, 0.05) is 36.8 Å². The van der Waals surface area contributed by atoms with E-state index in [1.807, 2.05) is 20.0 Å². The predicted molar refractivity (Wildman–Crippen MR) is 123 cm³/mol. The molecular formula is C22H18ClFN10O. The SMILES string of the molecule is Cn1nccc1[C@]1(C)C[C@@H](C(=O)Nc2cnc(-n3nccn3)c(Cl)c2)c2cnc3cc(F)nn3c21. The zero-order chi connectivity index (χ0) is 24.3. The van der Waals surface area contributed by atoms with E-state index in [4.69, 9.17) is 11.6 Å². The van der Waals surface area contributed by atoms with Gasteiger partial charge in [-0.2, -0.15) is 19.7 Å². The summed E-state index contributed by atoms with van der Waals surface area (Å²) < 4.78 is 17.3. The zero-order valence-electron chi connectivity index (χ0n) is 18.6. The molecule has 0 aliphatic heterocycles. The highest BCUT2D eigenvalue weighted by atomic mass is 35.5. The van der Waals surface area contributed by atoms with Gasteiger partial charge in [0.1, 0.15) is 0 Å². The lowest BCUT2D eigenvalue weighted by Crippen LogP contribution is -2.28. The molecule has 0 saturated heterocycles. The van der Waals surface area contributed by atoms with E-state index in [1.165, 1.54) is 34.0 Å². The van der Waals surface area contributed by atoms with Crippen molar-refractivity contribution < 1.29 is 9.18 Å². The minimum absolute atomic E-state index is 0.270. The number of pyridine rings is 1. The van der Waals surface area contributed by atoms with Crippen LogP contribution < -0.4 is 5.32 Å². The van der Waals surface area contributed by atoms with Crippen molar-refractivity contribution in [2.45, 2.75) is 24.7 Å². The van der Waals surface area contributed by atoms with Crippen LogP contribution in [-0.4, -0.2) is 50.3 Å². The first-order valence-electron chi connectivity index (χ1n) is 10.7. The summed E-state index contributed by atoms with van der Waals surface area (Å²) in [6, 6.07) is 4.74. The van der Waals surface area contributed by atoms with Crippen molar-refractivity contribution in [1.82, 2.24) is 44.4 Å². The van der Waals surface area contributed by atoms with Gasteiger partial charge in [-0.1, -0.05) is 11.6 Å². The van der Waals surface area contributed by atoms with Crippen molar-refractivity contribution in [3.8, 4) is 5.82 Å². The van der Waals surface area contributed by atoms with Crippen LogP contribution in [0, 0.1) is 5.95 Å². The molecule has 13 heteroatoms. The number of fused-ring (bicyclic) bond motifs is 3. The molecule has 1 aliphatic rings. The fourth-order valence-electron chi connectivity index (χ4n) is 4.92. The fraction of sp³-hybridized carbons (Fsp3) is 0.227. The highest BCUT2D eigenvalue weighted by Gasteiger charge is 2.48. The van der Waals surface area contributed by atoms with E-state index in [9.17, 15) is 9.18 Å². The van der Waals surface area contributed by atoms with Crippen molar-refractivity contribution in [3.63, 3.8) is 0 Å². The van der Waals surface area contributed by atoms with E-state index >= 15 is 0 Å². The smallest absolute Gasteiger partial charge is 0.235 e. The number of nitrogens with zero attached hydrogens (tertiary/aromatic N) is 9. The van der Waals surface area contributed by atoms with Gasteiger partial charge in [0.2, 0.25) is 11.9 Å². The van der Waals surface area contributed by atoms with Crippen LogP contribution in [0.15, 0.2) is 49.2 Å². The maximum Gasteiger partial charge on any atom is 0.235 e. The van der Waals surface area contributed by atoms with Gasteiger partial charge in [-0.3, -0.25) is 9.48 Å². The number of nitrogens with one attached hydrogen (secondary N) is 1. The Morgan fingerprint density at radius 2 is 1.97 bits per heavy atom. The van der Waals surface area contributed by atoms with Crippen LogP contribution >= 0.6 is 11.6 Å². The van der Waals surface area contributed by atoms with Crippen molar-refractivity contribution >= 4 is 28.8 Å². The number of aromatic nitrogens is 9. The van der Waals surface area contributed by atoms with Gasteiger partial charge < -0.3 is 5.32 Å². The number of carbonyl (C=O) groups excluding carboxylic acids is 1. The van der Waals surface area contributed by atoms with Crippen LogP contribution in [0.5, 0.6) is 0 Å². The summed E-state index contributed by atoms with van der Waals surface area (Å²) in [4.78, 5) is 23.4. The topological polar surface area (TPSA) is 121 Å².